The zero-order valence-corrected chi connectivity index (χ0v) is 13.6. The van der Waals surface area contributed by atoms with Crippen molar-refractivity contribution < 1.29 is 8.42 Å². The minimum Gasteiger partial charge on any atom is -0.314 e. The van der Waals surface area contributed by atoms with Crippen molar-refractivity contribution in [1.82, 2.24) is 9.62 Å². The van der Waals surface area contributed by atoms with Gasteiger partial charge in [0.25, 0.3) is 0 Å². The third-order valence-electron chi connectivity index (χ3n) is 4.11. The van der Waals surface area contributed by atoms with Crippen molar-refractivity contribution in [3.8, 4) is 6.07 Å². The molecule has 2 rings (SSSR count). The van der Waals surface area contributed by atoms with E-state index in [4.69, 9.17) is 16.9 Å². The average Bonchev–Trinajstić information content (AvgIpc) is 2.47. The fourth-order valence-corrected chi connectivity index (χ4v) is 4.35. The maximum atomic E-state index is 12.6. The molecule has 1 aliphatic heterocycles. The van der Waals surface area contributed by atoms with Crippen molar-refractivity contribution in [2.45, 2.75) is 30.2 Å². The zero-order chi connectivity index (χ0) is 15.7. The summed E-state index contributed by atoms with van der Waals surface area (Å²) < 4.78 is 26.7. The molecule has 7 heteroatoms. The first-order valence-corrected chi connectivity index (χ1v) is 8.53. The van der Waals surface area contributed by atoms with E-state index in [0.717, 1.165) is 12.8 Å². The Labute approximate surface area is 130 Å². The van der Waals surface area contributed by atoms with Gasteiger partial charge in [-0.2, -0.15) is 9.57 Å². The third-order valence-corrected chi connectivity index (χ3v) is 6.49. The van der Waals surface area contributed by atoms with Crippen LogP contribution in [0.4, 0.5) is 0 Å². The summed E-state index contributed by atoms with van der Waals surface area (Å²) in [6.45, 7) is 3.00. The lowest BCUT2D eigenvalue weighted by Gasteiger charge is -2.38. The average molecular weight is 328 g/mol. The van der Waals surface area contributed by atoms with Crippen LogP contribution < -0.4 is 5.32 Å². The molecule has 1 aromatic rings. The van der Waals surface area contributed by atoms with Crippen molar-refractivity contribution in [3.63, 3.8) is 0 Å². The van der Waals surface area contributed by atoms with Crippen LogP contribution in [0.15, 0.2) is 23.1 Å². The molecule has 1 saturated heterocycles. The minimum atomic E-state index is -3.61. The number of sulfonamides is 1. The second kappa shape index (κ2) is 5.93. The Bertz CT molecular complexity index is 674. The molecule has 1 fully saturated rings. The summed E-state index contributed by atoms with van der Waals surface area (Å²) in [7, 11) is -1.72. The molecule has 1 heterocycles. The summed E-state index contributed by atoms with van der Waals surface area (Å²) in [5.41, 5.74) is 0.320. The lowest BCUT2D eigenvalue weighted by molar-refractivity contribution is 0.219. The molecule has 0 unspecified atom stereocenters. The van der Waals surface area contributed by atoms with Crippen LogP contribution in [0.3, 0.4) is 0 Å². The van der Waals surface area contributed by atoms with Gasteiger partial charge in [-0.3, -0.25) is 0 Å². The van der Waals surface area contributed by atoms with E-state index >= 15 is 0 Å². The molecule has 0 bridgehead atoms. The molecule has 1 aliphatic rings. The number of rotatable bonds is 3. The van der Waals surface area contributed by atoms with E-state index in [1.165, 1.54) is 22.5 Å². The van der Waals surface area contributed by atoms with Crippen LogP contribution >= 0.6 is 11.6 Å². The fraction of sp³-hybridized carbons (Fsp3) is 0.500. The van der Waals surface area contributed by atoms with E-state index in [1.807, 2.05) is 13.1 Å². The molecule has 0 spiro atoms. The van der Waals surface area contributed by atoms with Gasteiger partial charge < -0.3 is 5.32 Å². The maximum Gasteiger partial charge on any atom is 0.244 e. The van der Waals surface area contributed by atoms with Gasteiger partial charge in [-0.15, -0.1) is 0 Å². The van der Waals surface area contributed by atoms with Crippen molar-refractivity contribution in [2.75, 3.05) is 20.1 Å². The van der Waals surface area contributed by atoms with Gasteiger partial charge in [0.15, 0.2) is 0 Å². The molecule has 21 heavy (non-hydrogen) atoms. The number of nitrogens with zero attached hydrogens (tertiary/aromatic N) is 2. The molecule has 114 valence electrons. The van der Waals surface area contributed by atoms with Gasteiger partial charge in [0.2, 0.25) is 10.0 Å². The quantitative estimate of drug-likeness (QED) is 0.921. The number of piperidine rings is 1. The van der Waals surface area contributed by atoms with E-state index in [1.54, 1.807) is 0 Å². The summed E-state index contributed by atoms with van der Waals surface area (Å²) in [6.07, 6.45) is 1.49. The normalized spacial score (nSPS) is 19.1. The molecule has 1 aromatic carbocycles. The van der Waals surface area contributed by atoms with Crippen molar-refractivity contribution in [3.05, 3.63) is 28.8 Å². The van der Waals surface area contributed by atoms with Crippen LogP contribution in [0, 0.1) is 11.3 Å². The SMILES string of the molecule is CNC1(C)CCN(S(=O)(=O)c2ccc(C#N)cc2Cl)CC1. The van der Waals surface area contributed by atoms with Crippen molar-refractivity contribution in [1.29, 1.82) is 5.26 Å². The van der Waals surface area contributed by atoms with E-state index < -0.39 is 10.0 Å². The lowest BCUT2D eigenvalue weighted by atomic mass is 9.91. The van der Waals surface area contributed by atoms with E-state index in [2.05, 4.69) is 12.2 Å². The number of hydrogen-bond donors (Lipinski definition) is 1. The third kappa shape index (κ3) is 3.22. The van der Waals surface area contributed by atoms with Gasteiger partial charge in [-0.25, -0.2) is 8.42 Å². The molecule has 0 atom stereocenters. The van der Waals surface area contributed by atoms with Crippen molar-refractivity contribution in [2.24, 2.45) is 0 Å². The number of nitriles is 1. The molecular weight excluding hydrogens is 310 g/mol. The second-order valence-electron chi connectivity index (χ2n) is 5.47. The van der Waals surface area contributed by atoms with Gasteiger partial charge in [0.1, 0.15) is 4.90 Å². The summed E-state index contributed by atoms with van der Waals surface area (Å²) >= 11 is 6.03. The maximum absolute atomic E-state index is 12.6. The van der Waals surface area contributed by atoms with Crippen LogP contribution in [-0.4, -0.2) is 38.4 Å². The summed E-state index contributed by atoms with van der Waals surface area (Å²) in [5.74, 6) is 0. The fourth-order valence-electron chi connectivity index (χ4n) is 2.39. The summed E-state index contributed by atoms with van der Waals surface area (Å²) in [6, 6.07) is 6.21. The molecular formula is C14H18ClN3O2S. The summed E-state index contributed by atoms with van der Waals surface area (Å²) in [4.78, 5) is 0.0660. The Morgan fingerprint density at radius 3 is 2.48 bits per heavy atom. The molecule has 0 aliphatic carbocycles. The molecule has 0 radical (unpaired) electrons. The lowest BCUT2D eigenvalue weighted by Crippen LogP contribution is -2.51. The predicted molar refractivity (Wildman–Crippen MR) is 81.6 cm³/mol. The van der Waals surface area contributed by atoms with Gasteiger partial charge in [-0.1, -0.05) is 11.6 Å². The Kier molecular flexibility index (Phi) is 4.59. The van der Waals surface area contributed by atoms with E-state index in [9.17, 15) is 8.42 Å². The number of hydrogen-bond acceptors (Lipinski definition) is 4. The number of halogens is 1. The van der Waals surface area contributed by atoms with Crippen LogP contribution in [0.1, 0.15) is 25.3 Å². The molecule has 0 aromatic heterocycles. The van der Waals surface area contributed by atoms with Gasteiger partial charge >= 0.3 is 0 Å². The van der Waals surface area contributed by atoms with Gasteiger partial charge in [0, 0.05) is 18.6 Å². The summed E-state index contributed by atoms with van der Waals surface area (Å²) in [5, 5.41) is 12.1. The molecule has 5 nitrogen and oxygen atoms in total. The predicted octanol–water partition coefficient (Wildman–Crippen LogP) is 1.97. The van der Waals surface area contributed by atoms with Gasteiger partial charge in [-0.05, 0) is 45.0 Å². The smallest absolute Gasteiger partial charge is 0.244 e. The Hall–Kier alpha value is -1.13. The Balaban J connectivity index is 2.26. The van der Waals surface area contributed by atoms with Crippen molar-refractivity contribution >= 4 is 21.6 Å². The van der Waals surface area contributed by atoms with Crippen LogP contribution in [0.25, 0.3) is 0 Å². The molecule has 0 saturated carbocycles. The van der Waals surface area contributed by atoms with Gasteiger partial charge in [0.05, 0.1) is 16.7 Å². The first-order valence-electron chi connectivity index (χ1n) is 6.71. The number of nitrogens with one attached hydrogen (secondary N) is 1. The minimum absolute atomic E-state index is 0.0273. The van der Waals surface area contributed by atoms with E-state index in [0.29, 0.717) is 18.7 Å². The highest BCUT2D eigenvalue weighted by atomic mass is 35.5. The molecule has 1 N–H and O–H groups in total. The van der Waals surface area contributed by atoms with Crippen LogP contribution in [0.5, 0.6) is 0 Å². The highest BCUT2D eigenvalue weighted by molar-refractivity contribution is 7.89. The highest BCUT2D eigenvalue weighted by Crippen LogP contribution is 2.30. The Morgan fingerprint density at radius 2 is 2.00 bits per heavy atom. The zero-order valence-electron chi connectivity index (χ0n) is 12.1. The molecule has 0 amide bonds. The first-order chi connectivity index (χ1) is 9.82. The number of benzene rings is 1. The Morgan fingerprint density at radius 1 is 1.38 bits per heavy atom. The largest absolute Gasteiger partial charge is 0.314 e. The van der Waals surface area contributed by atoms with E-state index in [-0.39, 0.29) is 15.5 Å². The van der Waals surface area contributed by atoms with Crippen LogP contribution in [0.2, 0.25) is 5.02 Å². The topological polar surface area (TPSA) is 73.2 Å². The standard InChI is InChI=1S/C14H18ClN3O2S/c1-14(17-2)5-7-18(8-6-14)21(19,20)13-4-3-11(10-16)9-12(13)15/h3-4,9,17H,5-8H2,1-2H3. The van der Waals surface area contributed by atoms with Crippen LogP contribution in [-0.2, 0) is 10.0 Å². The first kappa shape index (κ1) is 16.2. The highest BCUT2D eigenvalue weighted by Gasteiger charge is 2.35. The second-order valence-corrected chi connectivity index (χ2v) is 7.79. The monoisotopic (exact) mass is 327 g/mol.